The van der Waals surface area contributed by atoms with Crippen LogP contribution in [0.4, 0.5) is 5.69 Å². The van der Waals surface area contributed by atoms with E-state index in [0.717, 1.165) is 16.7 Å². The summed E-state index contributed by atoms with van der Waals surface area (Å²) in [7, 11) is 0. The fourth-order valence-electron chi connectivity index (χ4n) is 2.49. The number of anilines is 1. The molecule has 0 saturated carbocycles. The summed E-state index contributed by atoms with van der Waals surface area (Å²) in [6.45, 7) is 1.93. The Kier molecular flexibility index (Phi) is 3.35. The van der Waals surface area contributed by atoms with Gasteiger partial charge in [0.1, 0.15) is 5.01 Å². The molecular weight excluding hydrogens is 322 g/mol. The summed E-state index contributed by atoms with van der Waals surface area (Å²) in [6.07, 6.45) is 0. The molecule has 4 rings (SSSR count). The molecule has 2 heterocycles. The topological polar surface area (TPSA) is 86.2 Å². The Labute approximate surface area is 141 Å². The smallest absolute Gasteiger partial charge is 0.302 e. The number of rotatable bonds is 2. The minimum atomic E-state index is -0.282. The van der Waals surface area contributed by atoms with E-state index in [1.54, 1.807) is 0 Å². The van der Waals surface area contributed by atoms with E-state index in [9.17, 15) is 4.79 Å². The summed E-state index contributed by atoms with van der Waals surface area (Å²) in [5.74, 6) is 0. The zero-order valence-electron chi connectivity index (χ0n) is 12.8. The maximum Gasteiger partial charge on any atom is 0.302 e. The largest absolute Gasteiger partial charge is 0.398 e. The van der Waals surface area contributed by atoms with Crippen molar-refractivity contribution in [2.75, 3.05) is 5.73 Å². The molecule has 0 atom stereocenters. The number of nitrogens with two attached hydrogens (primary N) is 1. The van der Waals surface area contributed by atoms with Crippen molar-refractivity contribution >= 4 is 22.0 Å². The second-order valence-corrected chi connectivity index (χ2v) is 6.30. The first-order valence-corrected chi connectivity index (χ1v) is 8.14. The van der Waals surface area contributed by atoms with E-state index in [4.69, 9.17) is 5.73 Å². The fraction of sp³-hybridized carbons (Fsp3) is 0.0588. The van der Waals surface area contributed by atoms with Gasteiger partial charge in [-0.3, -0.25) is 4.79 Å². The monoisotopic (exact) mass is 335 g/mol. The molecule has 0 aliphatic rings. The zero-order chi connectivity index (χ0) is 16.7. The maximum atomic E-state index is 12.7. The summed E-state index contributed by atoms with van der Waals surface area (Å²) in [6, 6.07) is 14.9. The molecule has 6 nitrogen and oxygen atoms in total. The van der Waals surface area contributed by atoms with Gasteiger partial charge in [-0.25, -0.2) is 0 Å². The SMILES string of the molecule is Cc1c(N)cccc1-c1nn2c(=O)c(-c3ccccc3)nnc2s1. The van der Waals surface area contributed by atoms with Gasteiger partial charge in [-0.2, -0.15) is 9.61 Å². The number of nitrogens with zero attached hydrogens (tertiary/aromatic N) is 4. The molecule has 118 valence electrons. The quantitative estimate of drug-likeness (QED) is 0.569. The van der Waals surface area contributed by atoms with Crippen LogP contribution in [0, 0.1) is 6.92 Å². The molecular formula is C17H13N5OS. The Morgan fingerprint density at radius 3 is 2.62 bits per heavy atom. The van der Waals surface area contributed by atoms with Crippen LogP contribution in [0.1, 0.15) is 5.56 Å². The first-order valence-electron chi connectivity index (χ1n) is 7.32. The Morgan fingerprint density at radius 2 is 1.83 bits per heavy atom. The van der Waals surface area contributed by atoms with Crippen LogP contribution in [-0.2, 0) is 0 Å². The Morgan fingerprint density at radius 1 is 1.04 bits per heavy atom. The van der Waals surface area contributed by atoms with Crippen molar-refractivity contribution in [1.82, 2.24) is 19.8 Å². The average molecular weight is 335 g/mol. The molecule has 4 aromatic rings. The highest BCUT2D eigenvalue weighted by atomic mass is 32.1. The number of fused-ring (bicyclic) bond motifs is 1. The van der Waals surface area contributed by atoms with Crippen LogP contribution in [-0.4, -0.2) is 19.8 Å². The minimum absolute atomic E-state index is 0.282. The van der Waals surface area contributed by atoms with E-state index in [0.29, 0.717) is 15.7 Å². The molecule has 2 N–H and O–H groups in total. The van der Waals surface area contributed by atoms with Gasteiger partial charge in [0.15, 0.2) is 5.69 Å². The van der Waals surface area contributed by atoms with Crippen molar-refractivity contribution in [3.8, 4) is 21.8 Å². The number of benzene rings is 2. The highest BCUT2D eigenvalue weighted by Gasteiger charge is 2.15. The second-order valence-electron chi connectivity index (χ2n) is 5.34. The standard InChI is InChI=1S/C17H13N5OS/c1-10-12(8-5-9-13(10)18)15-21-22-16(23)14(19-20-17(22)24-15)11-6-3-2-4-7-11/h2-9H,18H2,1H3. The Hall–Kier alpha value is -3.06. The van der Waals surface area contributed by atoms with Gasteiger partial charge in [-0.1, -0.05) is 53.8 Å². The lowest BCUT2D eigenvalue weighted by molar-refractivity contribution is 0.862. The van der Waals surface area contributed by atoms with E-state index in [1.165, 1.54) is 15.9 Å². The van der Waals surface area contributed by atoms with Crippen LogP contribution in [0.25, 0.3) is 26.8 Å². The van der Waals surface area contributed by atoms with Crippen LogP contribution in [0.2, 0.25) is 0 Å². The van der Waals surface area contributed by atoms with Crippen LogP contribution in [0.15, 0.2) is 53.3 Å². The number of hydrogen-bond donors (Lipinski definition) is 1. The Bertz CT molecular complexity index is 1100. The molecule has 0 saturated heterocycles. The molecule has 0 aliphatic heterocycles. The molecule has 0 fully saturated rings. The molecule has 2 aromatic carbocycles. The van der Waals surface area contributed by atoms with Crippen LogP contribution in [0.5, 0.6) is 0 Å². The van der Waals surface area contributed by atoms with E-state index < -0.39 is 0 Å². The lowest BCUT2D eigenvalue weighted by Gasteiger charge is -2.03. The first kappa shape index (κ1) is 14.5. The summed E-state index contributed by atoms with van der Waals surface area (Å²) >= 11 is 1.31. The predicted molar refractivity (Wildman–Crippen MR) is 95.0 cm³/mol. The number of nitrogen functional groups attached to an aromatic ring is 1. The molecule has 0 bridgehead atoms. The summed E-state index contributed by atoms with van der Waals surface area (Å²) in [5, 5.41) is 13.4. The number of hydrogen-bond acceptors (Lipinski definition) is 6. The molecule has 24 heavy (non-hydrogen) atoms. The molecule has 2 aromatic heterocycles. The van der Waals surface area contributed by atoms with Crippen LogP contribution in [0.3, 0.4) is 0 Å². The van der Waals surface area contributed by atoms with E-state index >= 15 is 0 Å². The lowest BCUT2D eigenvalue weighted by atomic mass is 10.1. The molecule has 0 aliphatic carbocycles. The number of aromatic nitrogens is 4. The average Bonchev–Trinajstić information content (AvgIpc) is 3.03. The highest BCUT2D eigenvalue weighted by Crippen LogP contribution is 2.29. The predicted octanol–water partition coefficient (Wildman–Crippen LogP) is 2.77. The summed E-state index contributed by atoms with van der Waals surface area (Å²) < 4.78 is 1.30. The molecule has 0 radical (unpaired) electrons. The van der Waals surface area contributed by atoms with Crippen molar-refractivity contribution in [2.24, 2.45) is 0 Å². The van der Waals surface area contributed by atoms with Gasteiger partial charge >= 0.3 is 5.56 Å². The van der Waals surface area contributed by atoms with Gasteiger partial charge in [0, 0.05) is 16.8 Å². The van der Waals surface area contributed by atoms with Crippen molar-refractivity contribution in [2.45, 2.75) is 6.92 Å². The third-order valence-corrected chi connectivity index (χ3v) is 4.78. The molecule has 7 heteroatoms. The summed E-state index contributed by atoms with van der Waals surface area (Å²) in [5.41, 5.74) is 9.20. The van der Waals surface area contributed by atoms with Crippen LogP contribution < -0.4 is 11.3 Å². The third-order valence-electron chi connectivity index (χ3n) is 3.84. The first-order chi connectivity index (χ1) is 11.6. The van der Waals surface area contributed by atoms with Crippen molar-refractivity contribution < 1.29 is 0 Å². The van der Waals surface area contributed by atoms with E-state index in [1.807, 2.05) is 55.5 Å². The normalized spacial score (nSPS) is 11.0. The lowest BCUT2D eigenvalue weighted by Crippen LogP contribution is -2.19. The molecule has 0 amide bonds. The highest BCUT2D eigenvalue weighted by molar-refractivity contribution is 7.19. The molecule has 0 spiro atoms. The van der Waals surface area contributed by atoms with Gasteiger partial charge in [0.2, 0.25) is 4.96 Å². The van der Waals surface area contributed by atoms with Gasteiger partial charge < -0.3 is 5.73 Å². The maximum absolute atomic E-state index is 12.7. The van der Waals surface area contributed by atoms with Crippen molar-refractivity contribution in [3.63, 3.8) is 0 Å². The van der Waals surface area contributed by atoms with Gasteiger partial charge in [-0.15, -0.1) is 10.2 Å². The third kappa shape index (κ3) is 2.26. The van der Waals surface area contributed by atoms with Gasteiger partial charge in [-0.05, 0) is 18.6 Å². The Balaban J connectivity index is 1.92. The fourth-order valence-corrected chi connectivity index (χ4v) is 3.40. The van der Waals surface area contributed by atoms with Crippen molar-refractivity contribution in [1.29, 1.82) is 0 Å². The van der Waals surface area contributed by atoms with E-state index in [-0.39, 0.29) is 11.3 Å². The van der Waals surface area contributed by atoms with Crippen LogP contribution >= 0.6 is 11.3 Å². The zero-order valence-corrected chi connectivity index (χ0v) is 13.6. The summed E-state index contributed by atoms with van der Waals surface area (Å²) in [4.78, 5) is 13.2. The van der Waals surface area contributed by atoms with Gasteiger partial charge in [0.05, 0.1) is 0 Å². The minimum Gasteiger partial charge on any atom is -0.398 e. The second kappa shape index (κ2) is 5.54. The van der Waals surface area contributed by atoms with E-state index in [2.05, 4.69) is 15.3 Å². The molecule has 0 unspecified atom stereocenters. The van der Waals surface area contributed by atoms with Crippen molar-refractivity contribution in [3.05, 3.63) is 64.4 Å². The van der Waals surface area contributed by atoms with Gasteiger partial charge in [0.25, 0.3) is 0 Å².